The summed E-state index contributed by atoms with van der Waals surface area (Å²) in [5, 5.41) is 15.3. The van der Waals surface area contributed by atoms with Crippen molar-refractivity contribution in [1.29, 1.82) is 0 Å². The van der Waals surface area contributed by atoms with Gasteiger partial charge in [0.15, 0.2) is 0 Å². The van der Waals surface area contributed by atoms with Gasteiger partial charge >= 0.3 is 0 Å². The number of hydrogen-bond donors (Lipinski definition) is 2. The van der Waals surface area contributed by atoms with Crippen LogP contribution in [0.4, 0.5) is 5.69 Å². The highest BCUT2D eigenvalue weighted by Gasteiger charge is 2.17. The van der Waals surface area contributed by atoms with Crippen molar-refractivity contribution in [3.8, 4) is 0 Å². The lowest BCUT2D eigenvalue weighted by Crippen LogP contribution is -2.41. The first-order valence-electron chi connectivity index (χ1n) is 5.66. The van der Waals surface area contributed by atoms with Crippen molar-refractivity contribution in [2.45, 2.75) is 19.9 Å². The van der Waals surface area contributed by atoms with Crippen LogP contribution >= 0.6 is 0 Å². The normalized spacial score (nSPS) is 11.8. The average molecular weight is 248 g/mol. The number of azide groups is 1. The first-order valence-corrected chi connectivity index (χ1v) is 5.66. The Hall–Kier alpha value is -2.04. The predicted molar refractivity (Wildman–Crippen MR) is 68.4 cm³/mol. The summed E-state index contributed by atoms with van der Waals surface area (Å²) in [6.45, 7) is 3.67. The quantitative estimate of drug-likeness (QED) is 0.475. The molecule has 0 saturated heterocycles. The summed E-state index contributed by atoms with van der Waals surface area (Å²) in [4.78, 5) is 14.7. The number of amides is 1. The van der Waals surface area contributed by atoms with Crippen molar-refractivity contribution < 1.29 is 9.90 Å². The van der Waals surface area contributed by atoms with Crippen LogP contribution in [0.5, 0.6) is 0 Å². The van der Waals surface area contributed by atoms with Gasteiger partial charge in [-0.3, -0.25) is 4.79 Å². The van der Waals surface area contributed by atoms with Crippen LogP contribution in [0, 0.1) is 5.92 Å². The first-order chi connectivity index (χ1) is 8.60. The summed E-state index contributed by atoms with van der Waals surface area (Å²) in [6, 6.07) is 6.20. The van der Waals surface area contributed by atoms with Gasteiger partial charge in [0.25, 0.3) is 5.91 Å². The largest absolute Gasteiger partial charge is 0.394 e. The van der Waals surface area contributed by atoms with E-state index in [0.29, 0.717) is 5.56 Å². The molecule has 0 saturated carbocycles. The number of aliphatic hydroxyl groups is 1. The molecule has 2 N–H and O–H groups in total. The number of carbonyl (C=O) groups is 1. The molecule has 1 rings (SSSR count). The minimum Gasteiger partial charge on any atom is -0.394 e. The third-order valence-electron chi connectivity index (χ3n) is 2.62. The van der Waals surface area contributed by atoms with E-state index in [1.54, 1.807) is 24.3 Å². The fourth-order valence-electron chi connectivity index (χ4n) is 1.47. The molecule has 0 spiro atoms. The van der Waals surface area contributed by atoms with Crippen LogP contribution in [0.3, 0.4) is 0 Å². The number of aliphatic hydroxyl groups excluding tert-OH is 1. The van der Waals surface area contributed by atoms with E-state index >= 15 is 0 Å². The second-order valence-electron chi connectivity index (χ2n) is 4.21. The second kappa shape index (κ2) is 6.64. The summed E-state index contributed by atoms with van der Waals surface area (Å²) in [5.74, 6) is -0.240. The molecule has 1 atom stereocenters. The molecular formula is C12H16N4O2. The molecule has 0 aliphatic heterocycles. The highest BCUT2D eigenvalue weighted by Crippen LogP contribution is 2.19. The third kappa shape index (κ3) is 3.48. The summed E-state index contributed by atoms with van der Waals surface area (Å²) in [7, 11) is 0. The van der Waals surface area contributed by atoms with Gasteiger partial charge in [-0.05, 0) is 17.5 Å². The molecule has 0 fully saturated rings. The number of hydrogen-bond acceptors (Lipinski definition) is 3. The summed E-state index contributed by atoms with van der Waals surface area (Å²) in [5.41, 5.74) is 9.01. The Morgan fingerprint density at radius 3 is 2.72 bits per heavy atom. The lowest BCUT2D eigenvalue weighted by molar-refractivity contribution is 0.0897. The Morgan fingerprint density at radius 2 is 2.17 bits per heavy atom. The first kappa shape index (κ1) is 14.0. The molecular weight excluding hydrogens is 232 g/mol. The smallest absolute Gasteiger partial charge is 0.252 e. The molecule has 6 heteroatoms. The van der Waals surface area contributed by atoms with E-state index in [9.17, 15) is 4.79 Å². The molecule has 1 aromatic carbocycles. The highest BCUT2D eigenvalue weighted by atomic mass is 16.3. The molecule has 0 aromatic heterocycles. The number of benzene rings is 1. The number of carbonyl (C=O) groups excluding carboxylic acids is 1. The van der Waals surface area contributed by atoms with Gasteiger partial charge < -0.3 is 10.4 Å². The maximum absolute atomic E-state index is 12.0. The summed E-state index contributed by atoms with van der Waals surface area (Å²) in [6.07, 6.45) is 0. The summed E-state index contributed by atoms with van der Waals surface area (Å²) < 4.78 is 0. The van der Waals surface area contributed by atoms with E-state index < -0.39 is 0 Å². The van der Waals surface area contributed by atoms with E-state index in [0.717, 1.165) is 0 Å². The van der Waals surface area contributed by atoms with Gasteiger partial charge in [-0.25, -0.2) is 0 Å². The van der Waals surface area contributed by atoms with Crippen molar-refractivity contribution in [3.63, 3.8) is 0 Å². The molecule has 0 unspecified atom stereocenters. The standard InChI is InChI=1S/C12H16N4O2/c1-8(2)11(7-17)14-12(18)9-5-3-4-6-10(9)15-16-13/h3-6,8,11,17H,7H2,1-2H3,(H,14,18)/t11-/m1/s1. The minimum absolute atomic E-state index is 0.116. The third-order valence-corrected chi connectivity index (χ3v) is 2.62. The second-order valence-corrected chi connectivity index (χ2v) is 4.21. The van der Waals surface area contributed by atoms with Crippen molar-refractivity contribution in [2.24, 2.45) is 11.0 Å². The number of nitrogens with zero attached hydrogens (tertiary/aromatic N) is 3. The zero-order valence-corrected chi connectivity index (χ0v) is 10.4. The van der Waals surface area contributed by atoms with Gasteiger partial charge in [-0.1, -0.05) is 37.2 Å². The lowest BCUT2D eigenvalue weighted by Gasteiger charge is -2.20. The monoisotopic (exact) mass is 248 g/mol. The molecule has 0 aliphatic rings. The van der Waals surface area contributed by atoms with E-state index in [2.05, 4.69) is 15.3 Å². The molecule has 1 aromatic rings. The molecule has 0 radical (unpaired) electrons. The Kier molecular flexibility index (Phi) is 5.17. The maximum atomic E-state index is 12.0. The van der Waals surface area contributed by atoms with Gasteiger partial charge in [0, 0.05) is 10.5 Å². The zero-order valence-electron chi connectivity index (χ0n) is 10.4. The zero-order chi connectivity index (χ0) is 13.5. The van der Waals surface area contributed by atoms with Gasteiger partial charge in [0.2, 0.25) is 0 Å². The Labute approximate surface area is 105 Å². The lowest BCUT2D eigenvalue weighted by atomic mass is 10.0. The van der Waals surface area contributed by atoms with Crippen LogP contribution in [0.2, 0.25) is 0 Å². The molecule has 6 nitrogen and oxygen atoms in total. The molecule has 96 valence electrons. The van der Waals surface area contributed by atoms with Crippen LogP contribution < -0.4 is 5.32 Å². The highest BCUT2D eigenvalue weighted by molar-refractivity contribution is 5.99. The van der Waals surface area contributed by atoms with E-state index in [1.807, 2.05) is 13.8 Å². The topological polar surface area (TPSA) is 98.1 Å². The van der Waals surface area contributed by atoms with Crippen molar-refractivity contribution in [1.82, 2.24) is 5.32 Å². The number of rotatable bonds is 5. The van der Waals surface area contributed by atoms with Crippen LogP contribution in [-0.2, 0) is 0 Å². The predicted octanol–water partition coefficient (Wildman–Crippen LogP) is 2.38. The van der Waals surface area contributed by atoms with Crippen LogP contribution in [0.1, 0.15) is 24.2 Å². The molecule has 1 amide bonds. The fourth-order valence-corrected chi connectivity index (χ4v) is 1.47. The van der Waals surface area contributed by atoms with E-state index in [1.165, 1.54) is 0 Å². The fraction of sp³-hybridized carbons (Fsp3) is 0.417. The van der Waals surface area contributed by atoms with E-state index in [4.69, 9.17) is 10.6 Å². The van der Waals surface area contributed by atoms with E-state index in [-0.39, 0.29) is 30.2 Å². The van der Waals surface area contributed by atoms with Crippen LogP contribution in [0.25, 0.3) is 10.4 Å². The molecule has 0 aliphatic carbocycles. The molecule has 18 heavy (non-hydrogen) atoms. The van der Waals surface area contributed by atoms with Crippen LogP contribution in [0.15, 0.2) is 29.4 Å². The van der Waals surface area contributed by atoms with Gasteiger partial charge in [0.05, 0.1) is 18.3 Å². The van der Waals surface area contributed by atoms with Crippen LogP contribution in [-0.4, -0.2) is 23.7 Å². The Bertz CT molecular complexity index is 467. The van der Waals surface area contributed by atoms with Gasteiger partial charge in [-0.2, -0.15) is 0 Å². The van der Waals surface area contributed by atoms with Crippen molar-refractivity contribution in [3.05, 3.63) is 40.3 Å². The van der Waals surface area contributed by atoms with Gasteiger partial charge in [-0.15, -0.1) is 0 Å². The van der Waals surface area contributed by atoms with Crippen molar-refractivity contribution in [2.75, 3.05) is 6.61 Å². The minimum atomic E-state index is -0.356. The maximum Gasteiger partial charge on any atom is 0.252 e. The van der Waals surface area contributed by atoms with Gasteiger partial charge in [0.1, 0.15) is 0 Å². The molecule has 0 heterocycles. The average Bonchev–Trinajstić information content (AvgIpc) is 2.36. The molecule has 0 bridgehead atoms. The Balaban J connectivity index is 2.93. The number of nitrogens with one attached hydrogen (secondary N) is 1. The SMILES string of the molecule is CC(C)[C@@H](CO)NC(=O)c1ccccc1N=[N+]=[N-]. The summed E-state index contributed by atoms with van der Waals surface area (Å²) >= 11 is 0. The Morgan fingerprint density at radius 1 is 1.50 bits per heavy atom. The van der Waals surface area contributed by atoms with Crippen molar-refractivity contribution >= 4 is 11.6 Å².